The van der Waals surface area contributed by atoms with E-state index in [9.17, 15) is 17.6 Å². The molecule has 1 saturated heterocycles. The normalized spacial score (nSPS) is 21.5. The van der Waals surface area contributed by atoms with Crippen molar-refractivity contribution in [2.45, 2.75) is 23.8 Å². The van der Waals surface area contributed by atoms with Gasteiger partial charge in [0.15, 0.2) is 5.17 Å². The molecular weight excluding hydrogens is 357 g/mol. The summed E-state index contributed by atoms with van der Waals surface area (Å²) in [5.74, 6) is -0.869. The van der Waals surface area contributed by atoms with Crippen molar-refractivity contribution in [1.29, 1.82) is 0 Å². The van der Waals surface area contributed by atoms with Crippen LogP contribution in [0.3, 0.4) is 0 Å². The molecule has 1 fully saturated rings. The van der Waals surface area contributed by atoms with Crippen LogP contribution in [0.15, 0.2) is 27.5 Å². The highest BCUT2D eigenvalue weighted by Crippen LogP contribution is 2.29. The maximum Gasteiger partial charge on any atom is 0.286 e. The molecule has 0 aromatic heterocycles. The summed E-state index contributed by atoms with van der Waals surface area (Å²) in [5, 5.41) is 5.62. The first-order valence-electron chi connectivity index (χ1n) is 7.37. The fourth-order valence-corrected chi connectivity index (χ4v) is 4.47. The molecule has 7 nitrogen and oxygen atoms in total. The Bertz CT molecular complexity index is 776. The molecule has 1 amide bonds. The highest BCUT2D eigenvalue weighted by molar-refractivity contribution is 8.15. The lowest BCUT2D eigenvalue weighted by molar-refractivity contribution is -0.119. The summed E-state index contributed by atoms with van der Waals surface area (Å²) < 4.78 is 46.3. The molecule has 10 heteroatoms. The number of sulfonamides is 1. The van der Waals surface area contributed by atoms with Crippen LogP contribution < -0.4 is 10.6 Å². The second-order valence-electron chi connectivity index (χ2n) is 5.36. The quantitative estimate of drug-likeness (QED) is 0.826. The number of rotatable bonds is 4. The van der Waals surface area contributed by atoms with E-state index in [0.717, 1.165) is 36.7 Å². The Balaban J connectivity index is 1.57. The molecule has 2 aliphatic heterocycles. The van der Waals surface area contributed by atoms with Gasteiger partial charge in [0.25, 0.3) is 10.0 Å². The minimum Gasteiger partial charge on any atom is -0.376 e. The van der Waals surface area contributed by atoms with Gasteiger partial charge >= 0.3 is 0 Å². The van der Waals surface area contributed by atoms with Gasteiger partial charge in [0, 0.05) is 13.2 Å². The van der Waals surface area contributed by atoms with Crippen LogP contribution in [0.1, 0.15) is 12.8 Å². The first-order chi connectivity index (χ1) is 11.4. The molecular formula is C14H16FN3O4S2. The SMILES string of the molecule is O=C(CSC1=NS(=O)(=O)c2cc(F)ccc2N1)NC[C@@H]1CCCO1. The number of fused-ring (bicyclic) bond motifs is 1. The molecule has 2 aliphatic rings. The van der Waals surface area contributed by atoms with Gasteiger partial charge in [0.05, 0.1) is 17.5 Å². The fraction of sp³-hybridized carbons (Fsp3) is 0.429. The van der Waals surface area contributed by atoms with Crippen LogP contribution >= 0.6 is 11.8 Å². The molecule has 0 radical (unpaired) electrons. The van der Waals surface area contributed by atoms with Gasteiger partial charge in [0.1, 0.15) is 10.7 Å². The van der Waals surface area contributed by atoms with Crippen LogP contribution in [0.2, 0.25) is 0 Å². The summed E-state index contributed by atoms with van der Waals surface area (Å²) >= 11 is 0.971. The Morgan fingerprint density at radius 1 is 1.50 bits per heavy atom. The number of nitrogens with one attached hydrogen (secondary N) is 2. The Hall–Kier alpha value is -1.65. The van der Waals surface area contributed by atoms with E-state index in [4.69, 9.17) is 4.74 Å². The number of anilines is 1. The van der Waals surface area contributed by atoms with Crippen LogP contribution in [0.5, 0.6) is 0 Å². The van der Waals surface area contributed by atoms with Crippen LogP contribution in [-0.4, -0.2) is 44.5 Å². The van der Waals surface area contributed by atoms with E-state index in [1.807, 2.05) is 0 Å². The van der Waals surface area contributed by atoms with Crippen molar-refractivity contribution in [3.05, 3.63) is 24.0 Å². The number of amides is 1. The minimum atomic E-state index is -3.97. The van der Waals surface area contributed by atoms with Gasteiger partial charge < -0.3 is 15.4 Å². The molecule has 0 spiro atoms. The number of benzene rings is 1. The van der Waals surface area contributed by atoms with Crippen molar-refractivity contribution < 1.29 is 22.3 Å². The van der Waals surface area contributed by atoms with E-state index >= 15 is 0 Å². The van der Waals surface area contributed by atoms with Crippen LogP contribution in [-0.2, 0) is 19.6 Å². The van der Waals surface area contributed by atoms with E-state index in [0.29, 0.717) is 13.2 Å². The van der Waals surface area contributed by atoms with Crippen LogP contribution in [0.25, 0.3) is 0 Å². The number of hydrogen-bond donors (Lipinski definition) is 2. The number of carbonyl (C=O) groups is 1. The van der Waals surface area contributed by atoms with Crippen molar-refractivity contribution in [3.63, 3.8) is 0 Å². The average Bonchev–Trinajstić information content (AvgIpc) is 3.05. The van der Waals surface area contributed by atoms with Gasteiger partial charge in [-0.15, -0.1) is 4.40 Å². The van der Waals surface area contributed by atoms with Crippen molar-refractivity contribution in [2.24, 2.45) is 4.40 Å². The van der Waals surface area contributed by atoms with E-state index in [-0.39, 0.29) is 33.5 Å². The van der Waals surface area contributed by atoms with Crippen LogP contribution in [0, 0.1) is 5.82 Å². The highest BCUT2D eigenvalue weighted by Gasteiger charge is 2.26. The number of amidine groups is 1. The third kappa shape index (κ3) is 4.05. The Morgan fingerprint density at radius 2 is 2.33 bits per heavy atom. The van der Waals surface area contributed by atoms with Gasteiger partial charge in [-0.25, -0.2) is 4.39 Å². The molecule has 1 aromatic carbocycles. The van der Waals surface area contributed by atoms with Crippen molar-refractivity contribution >= 4 is 38.5 Å². The van der Waals surface area contributed by atoms with E-state index in [1.54, 1.807) is 0 Å². The summed E-state index contributed by atoms with van der Waals surface area (Å²) in [6, 6.07) is 3.40. The summed E-state index contributed by atoms with van der Waals surface area (Å²) in [6.07, 6.45) is 1.97. The fourth-order valence-electron chi connectivity index (χ4n) is 2.39. The maximum atomic E-state index is 13.2. The minimum absolute atomic E-state index is 0.0185. The maximum absolute atomic E-state index is 13.2. The second-order valence-corrected chi connectivity index (χ2v) is 7.90. The van der Waals surface area contributed by atoms with Crippen LogP contribution in [0.4, 0.5) is 10.1 Å². The largest absolute Gasteiger partial charge is 0.376 e. The highest BCUT2D eigenvalue weighted by atomic mass is 32.2. The third-order valence-corrected chi connectivity index (χ3v) is 5.86. The van der Waals surface area contributed by atoms with Gasteiger partial charge in [0.2, 0.25) is 5.91 Å². The lowest BCUT2D eigenvalue weighted by Crippen LogP contribution is -2.33. The first kappa shape index (κ1) is 17.2. The zero-order chi connectivity index (χ0) is 17.2. The number of carbonyl (C=O) groups excluding carboxylic acids is 1. The smallest absolute Gasteiger partial charge is 0.286 e. The zero-order valence-electron chi connectivity index (χ0n) is 12.6. The Kier molecular flexibility index (Phi) is 5.07. The molecule has 0 unspecified atom stereocenters. The van der Waals surface area contributed by atoms with Gasteiger partial charge in [-0.05, 0) is 31.0 Å². The summed E-state index contributed by atoms with van der Waals surface area (Å²) in [4.78, 5) is 11.6. The van der Waals surface area contributed by atoms with Gasteiger partial charge in [-0.2, -0.15) is 8.42 Å². The summed E-state index contributed by atoms with van der Waals surface area (Å²) in [5.41, 5.74) is 0.244. The molecule has 3 rings (SSSR count). The predicted octanol–water partition coefficient (Wildman–Crippen LogP) is 1.32. The molecule has 130 valence electrons. The second kappa shape index (κ2) is 7.08. The van der Waals surface area contributed by atoms with E-state index < -0.39 is 15.8 Å². The first-order valence-corrected chi connectivity index (χ1v) is 9.79. The van der Waals surface area contributed by atoms with Crippen molar-refractivity contribution in [1.82, 2.24) is 5.32 Å². The lowest BCUT2D eigenvalue weighted by Gasteiger charge is -2.17. The average molecular weight is 373 g/mol. The number of halogens is 1. The van der Waals surface area contributed by atoms with Crippen molar-refractivity contribution in [2.75, 3.05) is 24.2 Å². The van der Waals surface area contributed by atoms with Crippen molar-refractivity contribution in [3.8, 4) is 0 Å². The number of nitrogens with zero attached hydrogens (tertiary/aromatic N) is 1. The lowest BCUT2D eigenvalue weighted by atomic mass is 10.2. The monoisotopic (exact) mass is 373 g/mol. The molecule has 0 aliphatic carbocycles. The number of thioether (sulfide) groups is 1. The molecule has 24 heavy (non-hydrogen) atoms. The Labute approximate surface area is 143 Å². The van der Waals surface area contributed by atoms with Gasteiger partial charge in [-0.1, -0.05) is 11.8 Å². The topological polar surface area (TPSA) is 96.9 Å². The zero-order valence-corrected chi connectivity index (χ0v) is 14.3. The Morgan fingerprint density at radius 3 is 3.08 bits per heavy atom. The molecule has 1 aromatic rings. The summed E-state index contributed by atoms with van der Waals surface area (Å²) in [7, 11) is -3.97. The molecule has 0 saturated carbocycles. The number of ether oxygens (including phenoxy) is 1. The predicted molar refractivity (Wildman–Crippen MR) is 89.1 cm³/mol. The molecule has 2 heterocycles. The van der Waals surface area contributed by atoms with E-state index in [1.165, 1.54) is 6.07 Å². The van der Waals surface area contributed by atoms with Gasteiger partial charge in [-0.3, -0.25) is 4.79 Å². The molecule has 1 atom stereocenters. The molecule has 0 bridgehead atoms. The third-order valence-electron chi connectivity index (χ3n) is 3.56. The number of hydrogen-bond acceptors (Lipinski definition) is 6. The molecule has 2 N–H and O–H groups in total. The summed E-state index contributed by atoms with van der Waals surface area (Å²) in [6.45, 7) is 1.16. The standard InChI is InChI=1S/C14H16FN3O4S2/c15-9-3-4-11-12(6-9)24(20,21)18-14(17-11)23-8-13(19)16-7-10-2-1-5-22-10/h3-4,6,10H,1-2,5,7-8H2,(H,16,19)(H,17,18)/t10-/m0/s1. The van der Waals surface area contributed by atoms with E-state index in [2.05, 4.69) is 15.0 Å².